The summed E-state index contributed by atoms with van der Waals surface area (Å²) in [6, 6.07) is 6.74. The number of aromatic nitrogens is 3. The van der Waals surface area contributed by atoms with E-state index in [-0.39, 0.29) is 6.03 Å². The second-order valence-electron chi connectivity index (χ2n) is 4.22. The summed E-state index contributed by atoms with van der Waals surface area (Å²) < 4.78 is 0.651. The van der Waals surface area contributed by atoms with Crippen LogP contribution < -0.4 is 10.2 Å². The Balaban J connectivity index is 1.82. The smallest absolute Gasteiger partial charge is 0.307 e. The quantitative estimate of drug-likeness (QED) is 0.713. The first kappa shape index (κ1) is 13.8. The summed E-state index contributed by atoms with van der Waals surface area (Å²) in [6.45, 7) is 0. The number of amides is 2. The van der Waals surface area contributed by atoms with Crippen LogP contribution in [0.1, 0.15) is 0 Å². The van der Waals surface area contributed by atoms with Gasteiger partial charge < -0.3 is 5.32 Å². The molecule has 0 fully saturated rings. The summed E-state index contributed by atoms with van der Waals surface area (Å²) >= 11 is 5.58. The summed E-state index contributed by atoms with van der Waals surface area (Å²) in [7, 11) is 1.66. The molecular weight excluding hydrogens is 306 g/mol. The van der Waals surface area contributed by atoms with Crippen molar-refractivity contribution in [3.05, 3.63) is 36.7 Å². The minimum atomic E-state index is -0.274. The Morgan fingerprint density at radius 1 is 1.24 bits per heavy atom. The van der Waals surface area contributed by atoms with Crippen LogP contribution in [0.4, 0.5) is 16.3 Å². The number of carbonyl (C=O) groups is 1. The normalized spacial score (nSPS) is 10.6. The number of hydrogen-bond donors (Lipinski definition) is 2. The molecule has 3 aromatic heterocycles. The number of rotatable bonds is 2. The Morgan fingerprint density at radius 3 is 2.76 bits per heavy atom. The molecular formula is C13H11N5OS2. The van der Waals surface area contributed by atoms with Crippen LogP contribution in [0.5, 0.6) is 0 Å². The molecule has 2 amide bonds. The van der Waals surface area contributed by atoms with Crippen LogP contribution in [-0.4, -0.2) is 28.0 Å². The number of pyridine rings is 2. The van der Waals surface area contributed by atoms with Gasteiger partial charge in [-0.1, -0.05) is 11.3 Å². The minimum Gasteiger partial charge on any atom is -0.307 e. The Labute approximate surface area is 130 Å². The van der Waals surface area contributed by atoms with Gasteiger partial charge in [0.1, 0.15) is 20.5 Å². The van der Waals surface area contributed by atoms with Crippen LogP contribution in [0.15, 0.2) is 41.0 Å². The van der Waals surface area contributed by atoms with E-state index in [1.165, 1.54) is 16.2 Å². The first-order valence-corrected chi connectivity index (χ1v) is 7.31. The van der Waals surface area contributed by atoms with Crippen molar-refractivity contribution >= 4 is 51.8 Å². The molecule has 0 aliphatic carbocycles. The van der Waals surface area contributed by atoms with Gasteiger partial charge in [-0.15, -0.1) is 12.6 Å². The first-order valence-electron chi connectivity index (χ1n) is 6.05. The van der Waals surface area contributed by atoms with E-state index in [0.29, 0.717) is 15.8 Å². The lowest BCUT2D eigenvalue weighted by molar-refractivity contribution is 0.258. The van der Waals surface area contributed by atoms with E-state index in [9.17, 15) is 4.79 Å². The summed E-state index contributed by atoms with van der Waals surface area (Å²) in [4.78, 5) is 26.9. The molecule has 0 saturated carbocycles. The fraction of sp³-hybridized carbons (Fsp3) is 0.0769. The second-order valence-corrected chi connectivity index (χ2v) is 5.92. The molecule has 0 bridgehead atoms. The number of carbonyl (C=O) groups excluding carboxylic acids is 1. The Bertz CT molecular complexity index is 790. The summed E-state index contributed by atoms with van der Waals surface area (Å²) in [5.41, 5.74) is 1.45. The summed E-state index contributed by atoms with van der Waals surface area (Å²) in [5.74, 6) is 0.547. The number of anilines is 2. The van der Waals surface area contributed by atoms with Crippen molar-refractivity contribution in [2.45, 2.75) is 4.34 Å². The van der Waals surface area contributed by atoms with Crippen LogP contribution in [0, 0.1) is 0 Å². The standard InChI is InChI=1S/C13H11N5OS2/c1-18(12(19)15-8-4-6-14-7-5-8)10-3-2-9-11(17-10)21-13(20)16-9/h2-7H,1H3,(H,16,20)(H,14,15,19). The average molecular weight is 317 g/mol. The number of hydrogen-bond acceptors (Lipinski definition) is 6. The number of nitrogens with one attached hydrogen (secondary N) is 1. The third-order valence-corrected chi connectivity index (χ3v) is 3.95. The van der Waals surface area contributed by atoms with Crippen molar-refractivity contribution in [3.8, 4) is 0 Å². The zero-order chi connectivity index (χ0) is 14.8. The average Bonchev–Trinajstić information content (AvgIpc) is 2.86. The lowest BCUT2D eigenvalue weighted by Crippen LogP contribution is -2.31. The van der Waals surface area contributed by atoms with Crippen molar-refractivity contribution < 1.29 is 4.79 Å². The van der Waals surface area contributed by atoms with Crippen molar-refractivity contribution in [1.82, 2.24) is 15.0 Å². The Morgan fingerprint density at radius 2 is 2.00 bits per heavy atom. The molecule has 1 N–H and O–H groups in total. The van der Waals surface area contributed by atoms with E-state index in [1.807, 2.05) is 6.07 Å². The molecule has 21 heavy (non-hydrogen) atoms. The highest BCUT2D eigenvalue weighted by Gasteiger charge is 2.13. The lowest BCUT2D eigenvalue weighted by atomic mass is 10.4. The fourth-order valence-electron chi connectivity index (χ4n) is 1.73. The van der Waals surface area contributed by atoms with Crippen molar-refractivity contribution in [2.24, 2.45) is 0 Å². The number of thiazole rings is 1. The third-order valence-electron chi connectivity index (χ3n) is 2.81. The number of thiol groups is 1. The van der Waals surface area contributed by atoms with Crippen molar-refractivity contribution in [1.29, 1.82) is 0 Å². The van der Waals surface area contributed by atoms with Crippen LogP contribution >= 0.6 is 24.0 Å². The molecule has 0 atom stereocenters. The SMILES string of the molecule is CN(C(=O)Nc1ccncc1)c1ccc2nc(S)sc2n1. The molecule has 106 valence electrons. The van der Waals surface area contributed by atoms with E-state index in [1.54, 1.807) is 37.6 Å². The predicted octanol–water partition coefficient (Wildman–Crippen LogP) is 3.04. The zero-order valence-electron chi connectivity index (χ0n) is 11.0. The van der Waals surface area contributed by atoms with Crippen molar-refractivity contribution in [3.63, 3.8) is 0 Å². The lowest BCUT2D eigenvalue weighted by Gasteiger charge is -2.16. The van der Waals surface area contributed by atoms with Gasteiger partial charge in [-0.3, -0.25) is 9.88 Å². The van der Waals surface area contributed by atoms with E-state index >= 15 is 0 Å². The highest BCUT2D eigenvalue weighted by atomic mass is 32.2. The second kappa shape index (κ2) is 5.66. The highest BCUT2D eigenvalue weighted by Crippen LogP contribution is 2.25. The highest BCUT2D eigenvalue weighted by molar-refractivity contribution is 7.82. The Hall–Kier alpha value is -2.19. The number of nitrogens with zero attached hydrogens (tertiary/aromatic N) is 4. The van der Waals surface area contributed by atoms with Gasteiger partial charge in [0, 0.05) is 25.1 Å². The van der Waals surface area contributed by atoms with Gasteiger partial charge in [-0.25, -0.2) is 14.8 Å². The van der Waals surface area contributed by atoms with Gasteiger partial charge in [-0.2, -0.15) is 0 Å². The maximum absolute atomic E-state index is 12.2. The van der Waals surface area contributed by atoms with Gasteiger partial charge in [0.25, 0.3) is 0 Å². The molecule has 0 aliphatic rings. The Kier molecular flexibility index (Phi) is 3.72. The molecule has 0 aromatic carbocycles. The summed E-state index contributed by atoms with van der Waals surface area (Å²) in [6.07, 6.45) is 3.23. The van der Waals surface area contributed by atoms with Crippen LogP contribution in [0.2, 0.25) is 0 Å². The topological polar surface area (TPSA) is 71.0 Å². The van der Waals surface area contributed by atoms with Gasteiger partial charge >= 0.3 is 6.03 Å². The molecule has 3 aromatic rings. The van der Waals surface area contributed by atoms with Crippen LogP contribution in [0.25, 0.3) is 10.3 Å². The minimum absolute atomic E-state index is 0.274. The van der Waals surface area contributed by atoms with Crippen LogP contribution in [-0.2, 0) is 0 Å². The molecule has 8 heteroatoms. The third kappa shape index (κ3) is 2.96. The molecule has 0 unspecified atom stereocenters. The maximum atomic E-state index is 12.2. The number of urea groups is 1. The van der Waals surface area contributed by atoms with Crippen molar-refractivity contribution in [2.75, 3.05) is 17.3 Å². The predicted molar refractivity (Wildman–Crippen MR) is 86.3 cm³/mol. The van der Waals surface area contributed by atoms with Gasteiger partial charge in [0.15, 0.2) is 0 Å². The van der Waals surface area contributed by atoms with E-state index < -0.39 is 0 Å². The molecule has 3 heterocycles. The zero-order valence-corrected chi connectivity index (χ0v) is 12.7. The van der Waals surface area contributed by atoms with Gasteiger partial charge in [-0.05, 0) is 24.3 Å². The molecule has 0 aliphatic heterocycles. The van der Waals surface area contributed by atoms with Gasteiger partial charge in [0.2, 0.25) is 0 Å². The molecule has 0 spiro atoms. The molecule has 3 rings (SSSR count). The first-order chi connectivity index (χ1) is 10.1. The van der Waals surface area contributed by atoms with E-state index in [4.69, 9.17) is 0 Å². The molecule has 6 nitrogen and oxygen atoms in total. The monoisotopic (exact) mass is 317 g/mol. The van der Waals surface area contributed by atoms with E-state index in [0.717, 1.165) is 10.3 Å². The summed E-state index contributed by atoms with van der Waals surface area (Å²) in [5, 5.41) is 2.77. The molecule has 0 saturated heterocycles. The largest absolute Gasteiger partial charge is 0.327 e. The maximum Gasteiger partial charge on any atom is 0.327 e. The molecule has 0 radical (unpaired) electrons. The fourth-order valence-corrected chi connectivity index (χ4v) is 2.77. The van der Waals surface area contributed by atoms with Gasteiger partial charge in [0.05, 0.1) is 0 Å². The van der Waals surface area contributed by atoms with Crippen LogP contribution in [0.3, 0.4) is 0 Å². The van der Waals surface area contributed by atoms with E-state index in [2.05, 4.69) is 32.9 Å². The number of fused-ring (bicyclic) bond motifs is 1.